The Labute approximate surface area is 227 Å². The van der Waals surface area contributed by atoms with E-state index in [1.165, 1.54) is 12.5 Å². The van der Waals surface area contributed by atoms with Crippen LogP contribution in [0.4, 0.5) is 4.79 Å². The molecule has 5 atom stereocenters. The molecule has 0 amide bonds. The monoisotopic (exact) mass is 549 g/mol. The molecule has 9 heteroatoms. The molecule has 1 heterocycles. The van der Waals surface area contributed by atoms with Gasteiger partial charge >= 0.3 is 19.2 Å². The number of benzene rings is 1. The Morgan fingerprint density at radius 2 is 1.92 bits per heavy atom. The fourth-order valence-corrected chi connectivity index (χ4v) is 6.76. The van der Waals surface area contributed by atoms with E-state index >= 15 is 0 Å². The van der Waals surface area contributed by atoms with Crippen LogP contribution < -0.4 is 14.3 Å². The molecule has 1 aromatic carbocycles. The van der Waals surface area contributed by atoms with Crippen LogP contribution in [0, 0.1) is 5.92 Å². The van der Waals surface area contributed by atoms with Crippen LogP contribution >= 0.6 is 7.52 Å². The highest BCUT2D eigenvalue weighted by Crippen LogP contribution is 2.54. The predicted molar refractivity (Wildman–Crippen MR) is 148 cm³/mol. The third-order valence-electron chi connectivity index (χ3n) is 7.08. The van der Waals surface area contributed by atoms with Gasteiger partial charge in [0.05, 0.1) is 18.8 Å². The second-order valence-electron chi connectivity index (χ2n) is 10.7. The molecular weight excluding hydrogens is 505 g/mol. The molecule has 212 valence electrons. The molecule has 3 rings (SSSR count). The van der Waals surface area contributed by atoms with Crippen LogP contribution in [0.1, 0.15) is 97.6 Å². The summed E-state index contributed by atoms with van der Waals surface area (Å²) in [6.07, 6.45) is 7.80. The van der Waals surface area contributed by atoms with E-state index in [0.29, 0.717) is 11.5 Å². The largest absolute Gasteiger partial charge is 0.490 e. The van der Waals surface area contributed by atoms with Crippen LogP contribution in [0.2, 0.25) is 0 Å². The van der Waals surface area contributed by atoms with Crippen LogP contribution in [0.5, 0.6) is 11.5 Å². The average Bonchev–Trinajstić information content (AvgIpc) is 2.83. The van der Waals surface area contributed by atoms with E-state index in [2.05, 4.69) is 31.9 Å². The first-order valence-corrected chi connectivity index (χ1v) is 15.6. The summed E-state index contributed by atoms with van der Waals surface area (Å²) in [6, 6.07) is 2.86. The summed E-state index contributed by atoms with van der Waals surface area (Å²) in [5, 5.41) is 2.63. The second-order valence-corrected chi connectivity index (χ2v) is 12.6. The Balaban J connectivity index is 2.08. The first-order valence-electron chi connectivity index (χ1n) is 13.9. The number of esters is 1. The van der Waals surface area contributed by atoms with Gasteiger partial charge in [0, 0.05) is 17.4 Å². The quantitative estimate of drug-likeness (QED) is 0.125. The zero-order chi connectivity index (χ0) is 28.0. The van der Waals surface area contributed by atoms with Crippen molar-refractivity contribution in [2.45, 2.75) is 111 Å². The Morgan fingerprint density at radius 3 is 2.58 bits per heavy atom. The van der Waals surface area contributed by atoms with Gasteiger partial charge in [-0.15, -0.1) is 0 Å². The third kappa shape index (κ3) is 7.20. The zero-order valence-electron chi connectivity index (χ0n) is 23.9. The predicted octanol–water partition coefficient (Wildman–Crippen LogP) is 7.30. The summed E-state index contributed by atoms with van der Waals surface area (Å²) in [5.74, 6) is 0.619. The molecule has 0 saturated heterocycles. The van der Waals surface area contributed by atoms with Gasteiger partial charge in [0.15, 0.2) is 0 Å². The summed E-state index contributed by atoms with van der Waals surface area (Å²) in [5.41, 5.74) is 2.01. The van der Waals surface area contributed by atoms with Gasteiger partial charge in [-0.3, -0.25) is 4.79 Å². The maximum Gasteiger partial charge on any atom is 0.424 e. The Kier molecular flexibility index (Phi) is 10.5. The number of rotatable bonds is 12. The van der Waals surface area contributed by atoms with Gasteiger partial charge in [0.2, 0.25) is 0 Å². The normalized spacial score (nSPS) is 22.7. The molecule has 8 nitrogen and oxygen atoms in total. The van der Waals surface area contributed by atoms with Gasteiger partial charge in [-0.05, 0) is 84.9 Å². The Morgan fingerprint density at radius 1 is 1.18 bits per heavy atom. The Bertz CT molecular complexity index is 1080. The minimum absolute atomic E-state index is 0.00108. The second kappa shape index (κ2) is 13.2. The first kappa shape index (κ1) is 30.2. The lowest BCUT2D eigenvalue weighted by Crippen LogP contribution is -2.38. The van der Waals surface area contributed by atoms with Crippen LogP contribution in [0.15, 0.2) is 23.8 Å². The molecular formula is C29H44NO7P. The van der Waals surface area contributed by atoms with E-state index in [9.17, 15) is 14.2 Å². The van der Waals surface area contributed by atoms with Gasteiger partial charge in [-0.1, -0.05) is 31.4 Å². The molecule has 0 spiro atoms. The molecule has 0 fully saturated rings. The van der Waals surface area contributed by atoms with Crippen molar-refractivity contribution in [1.29, 1.82) is 0 Å². The molecule has 0 bridgehead atoms. The van der Waals surface area contributed by atoms with Gasteiger partial charge in [0.1, 0.15) is 17.5 Å². The maximum absolute atomic E-state index is 14.1. The standard InChI is InChI=1S/C29H44NO7P/c1-8-10-11-12-22-16-25-27(24-15-19(5)13-14-23(24)21(7)36-25)26(17-22)37-38(33,29(32)34-9-2)30-20(6)28(31)35-18(3)4/h15-18,20-21,23-24H,8-14H2,1-7H3,(H,30,33). The Hall–Kier alpha value is -2.31. The van der Waals surface area contributed by atoms with Crippen molar-refractivity contribution in [2.24, 2.45) is 5.92 Å². The molecule has 1 N–H and O–H groups in total. The van der Waals surface area contributed by atoms with Crippen molar-refractivity contribution in [1.82, 2.24) is 5.09 Å². The number of nitrogens with one attached hydrogen (secondary N) is 1. The van der Waals surface area contributed by atoms with E-state index in [4.69, 9.17) is 18.7 Å². The van der Waals surface area contributed by atoms with Crippen molar-refractivity contribution in [2.75, 3.05) is 6.61 Å². The van der Waals surface area contributed by atoms with Crippen molar-refractivity contribution in [3.05, 3.63) is 34.9 Å². The van der Waals surface area contributed by atoms with Crippen LogP contribution in [-0.4, -0.2) is 36.5 Å². The molecule has 5 unspecified atom stereocenters. The number of hydrogen-bond acceptors (Lipinski definition) is 7. The van der Waals surface area contributed by atoms with Crippen molar-refractivity contribution >= 4 is 19.2 Å². The van der Waals surface area contributed by atoms with E-state index in [-0.39, 0.29) is 30.7 Å². The highest BCUT2D eigenvalue weighted by Gasteiger charge is 2.44. The molecule has 2 aliphatic rings. The molecule has 1 aromatic rings. The topological polar surface area (TPSA) is 100 Å². The number of aryl methyl sites for hydroxylation is 1. The SMILES string of the molecule is CCCCCc1cc2c(c(OP(=O)(NC(C)C(=O)OC(C)C)C(=O)OCC)c1)C1C=C(C)CCC1C(C)O2. The molecule has 0 aromatic heterocycles. The number of hydrogen-bond donors (Lipinski definition) is 1. The van der Waals surface area contributed by atoms with Gasteiger partial charge < -0.3 is 18.7 Å². The molecule has 0 saturated carbocycles. The first-order chi connectivity index (χ1) is 18.0. The fourth-order valence-electron chi connectivity index (χ4n) is 5.18. The number of carbonyl (C=O) groups is 2. The van der Waals surface area contributed by atoms with Crippen LogP contribution in [-0.2, 0) is 25.3 Å². The van der Waals surface area contributed by atoms with E-state index in [0.717, 1.165) is 49.7 Å². The summed E-state index contributed by atoms with van der Waals surface area (Å²) < 4.78 is 37.1. The number of fused-ring (bicyclic) bond motifs is 3. The highest BCUT2D eigenvalue weighted by molar-refractivity contribution is 7.74. The lowest BCUT2D eigenvalue weighted by atomic mass is 9.72. The number of allylic oxidation sites excluding steroid dienone is 2. The van der Waals surface area contributed by atoms with E-state index in [1.807, 2.05) is 12.1 Å². The fraction of sp³-hybridized carbons (Fsp3) is 0.655. The summed E-state index contributed by atoms with van der Waals surface area (Å²) in [7, 11) is -4.37. The smallest absolute Gasteiger partial charge is 0.424 e. The molecule has 0 radical (unpaired) electrons. The van der Waals surface area contributed by atoms with Crippen molar-refractivity contribution in [3.8, 4) is 11.5 Å². The third-order valence-corrected chi connectivity index (χ3v) is 8.87. The summed E-state index contributed by atoms with van der Waals surface area (Å²) in [4.78, 5) is 25.5. The van der Waals surface area contributed by atoms with Gasteiger partial charge in [-0.25, -0.2) is 14.4 Å². The maximum atomic E-state index is 14.1. The van der Waals surface area contributed by atoms with Crippen molar-refractivity contribution < 1.29 is 32.9 Å². The minimum atomic E-state index is -4.37. The molecule has 1 aliphatic heterocycles. The van der Waals surface area contributed by atoms with Crippen LogP contribution in [0.3, 0.4) is 0 Å². The van der Waals surface area contributed by atoms with Crippen LogP contribution in [0.25, 0.3) is 0 Å². The molecule has 38 heavy (non-hydrogen) atoms. The van der Waals surface area contributed by atoms with E-state index in [1.54, 1.807) is 20.8 Å². The molecule has 1 aliphatic carbocycles. The van der Waals surface area contributed by atoms with E-state index < -0.39 is 25.2 Å². The zero-order valence-corrected chi connectivity index (χ0v) is 24.8. The number of ether oxygens (including phenoxy) is 3. The highest BCUT2D eigenvalue weighted by atomic mass is 31.2. The summed E-state index contributed by atoms with van der Waals surface area (Å²) in [6.45, 7) is 12.9. The minimum Gasteiger partial charge on any atom is -0.490 e. The van der Waals surface area contributed by atoms with Crippen molar-refractivity contribution in [3.63, 3.8) is 0 Å². The number of carbonyl (C=O) groups excluding carboxylic acids is 2. The summed E-state index contributed by atoms with van der Waals surface area (Å²) >= 11 is 0. The van der Waals surface area contributed by atoms with Gasteiger partial charge in [-0.2, -0.15) is 0 Å². The average molecular weight is 550 g/mol. The lowest BCUT2D eigenvalue weighted by molar-refractivity contribution is -0.149. The number of unbranched alkanes of at least 4 members (excludes halogenated alkanes) is 2. The lowest BCUT2D eigenvalue weighted by Gasteiger charge is -2.41. The van der Waals surface area contributed by atoms with Gasteiger partial charge in [0.25, 0.3) is 0 Å².